The first-order valence-electron chi connectivity index (χ1n) is 12.3. The van der Waals surface area contributed by atoms with Gasteiger partial charge in [-0.1, -0.05) is 48.5 Å². The number of rotatable bonds is 7. The van der Waals surface area contributed by atoms with Crippen molar-refractivity contribution in [1.29, 1.82) is 0 Å². The monoisotopic (exact) mass is 513 g/mol. The average molecular weight is 514 g/mol. The summed E-state index contributed by atoms with van der Waals surface area (Å²) in [6.07, 6.45) is 7.34. The highest BCUT2D eigenvalue weighted by molar-refractivity contribution is 5.85. The molecule has 37 heavy (non-hydrogen) atoms. The fourth-order valence-corrected chi connectivity index (χ4v) is 4.58. The lowest BCUT2D eigenvalue weighted by molar-refractivity contribution is 0.208. The number of hydrogen-bond donors (Lipinski definition) is 1. The largest absolute Gasteiger partial charge is 0.476 e. The average Bonchev–Trinajstić information content (AvgIpc) is 3.68. The van der Waals surface area contributed by atoms with Crippen molar-refractivity contribution in [3.8, 4) is 51.0 Å². The van der Waals surface area contributed by atoms with Crippen molar-refractivity contribution in [3.05, 3.63) is 91.5 Å². The molecule has 5 aromatic rings. The van der Waals surface area contributed by atoms with Crippen LogP contribution in [0.5, 0.6) is 5.88 Å². The third kappa shape index (κ3) is 5.61. The molecule has 6 rings (SSSR count). The zero-order valence-corrected chi connectivity index (χ0v) is 21.1. The Morgan fingerprint density at radius 3 is 1.81 bits per heavy atom. The Balaban J connectivity index is 0.00000280. The summed E-state index contributed by atoms with van der Waals surface area (Å²) < 4.78 is 17.2. The summed E-state index contributed by atoms with van der Waals surface area (Å²) in [7, 11) is 0. The first-order valence-corrected chi connectivity index (χ1v) is 12.3. The van der Waals surface area contributed by atoms with E-state index in [1.54, 1.807) is 18.7 Å². The molecular formula is C30H28ClN3O3. The topological polar surface area (TPSA) is 73.3 Å². The molecule has 0 amide bonds. The van der Waals surface area contributed by atoms with E-state index in [-0.39, 0.29) is 12.4 Å². The molecule has 0 aliphatic carbocycles. The third-order valence-electron chi connectivity index (χ3n) is 6.60. The Bertz CT molecular complexity index is 1390. The Kier molecular flexibility index (Phi) is 7.68. The van der Waals surface area contributed by atoms with Crippen LogP contribution in [0, 0.1) is 5.92 Å². The standard InChI is InChI=1S/C30H27N3O3.ClH/c1-3-26(34-17-1)22-5-9-24(10-6-22)29-30(25-11-7-23(8-12-25)27-4-2-18-35-27)33-28(19-32-29)36-20-21-13-15-31-16-14-21;/h1-12,17-19,21,31H,13-16,20H2;1H. The molecule has 0 unspecified atom stereocenters. The molecule has 1 N–H and O–H groups in total. The molecule has 2 aromatic carbocycles. The number of benzene rings is 2. The van der Waals surface area contributed by atoms with Crippen LogP contribution in [0.4, 0.5) is 0 Å². The van der Waals surface area contributed by atoms with Crippen molar-refractivity contribution >= 4 is 12.4 Å². The minimum absolute atomic E-state index is 0. The first-order chi connectivity index (χ1) is 17.8. The molecule has 3 aromatic heterocycles. The van der Waals surface area contributed by atoms with Crippen LogP contribution in [-0.2, 0) is 0 Å². The number of hydrogen-bond acceptors (Lipinski definition) is 6. The first kappa shape index (κ1) is 24.8. The second kappa shape index (κ2) is 11.5. The Morgan fingerprint density at radius 1 is 0.730 bits per heavy atom. The van der Waals surface area contributed by atoms with E-state index in [4.69, 9.17) is 23.5 Å². The number of nitrogens with zero attached hydrogens (tertiary/aromatic N) is 2. The van der Waals surface area contributed by atoms with Crippen LogP contribution in [0.15, 0.2) is 100 Å². The normalized spacial score (nSPS) is 13.7. The lowest BCUT2D eigenvalue weighted by Gasteiger charge is -2.22. The van der Waals surface area contributed by atoms with Crippen LogP contribution in [0.1, 0.15) is 12.8 Å². The van der Waals surface area contributed by atoms with Gasteiger partial charge in [0.25, 0.3) is 0 Å². The number of halogens is 1. The van der Waals surface area contributed by atoms with E-state index in [0.717, 1.165) is 71.1 Å². The van der Waals surface area contributed by atoms with E-state index >= 15 is 0 Å². The summed E-state index contributed by atoms with van der Waals surface area (Å²) in [5, 5.41) is 3.40. The molecule has 0 radical (unpaired) electrons. The van der Waals surface area contributed by atoms with E-state index in [1.165, 1.54) is 0 Å². The molecular weight excluding hydrogens is 486 g/mol. The summed E-state index contributed by atoms with van der Waals surface area (Å²) in [5.41, 5.74) is 5.57. The van der Waals surface area contributed by atoms with Gasteiger partial charge < -0.3 is 18.9 Å². The predicted octanol–water partition coefficient (Wildman–Crippen LogP) is 7.13. The van der Waals surface area contributed by atoms with Gasteiger partial charge in [-0.15, -0.1) is 12.4 Å². The number of aromatic nitrogens is 2. The number of ether oxygens (including phenoxy) is 1. The van der Waals surface area contributed by atoms with Gasteiger partial charge in [-0.25, -0.2) is 9.97 Å². The van der Waals surface area contributed by atoms with E-state index < -0.39 is 0 Å². The summed E-state index contributed by atoms with van der Waals surface area (Å²) in [4.78, 5) is 9.74. The molecule has 188 valence electrons. The van der Waals surface area contributed by atoms with Crippen LogP contribution in [-0.4, -0.2) is 29.7 Å². The molecule has 7 heteroatoms. The third-order valence-corrected chi connectivity index (χ3v) is 6.60. The lowest BCUT2D eigenvalue weighted by Crippen LogP contribution is -2.30. The van der Waals surface area contributed by atoms with Crippen molar-refractivity contribution in [1.82, 2.24) is 15.3 Å². The molecule has 6 nitrogen and oxygen atoms in total. The SMILES string of the molecule is Cl.c1coc(-c2ccc(-c3ncc(OCC4CCNCC4)nc3-c3ccc(-c4ccco4)cc3)cc2)c1. The van der Waals surface area contributed by atoms with Crippen LogP contribution in [0.25, 0.3) is 45.2 Å². The van der Waals surface area contributed by atoms with E-state index in [9.17, 15) is 0 Å². The van der Waals surface area contributed by atoms with Crippen LogP contribution >= 0.6 is 12.4 Å². The van der Waals surface area contributed by atoms with Gasteiger partial charge in [0.15, 0.2) is 0 Å². The number of furan rings is 2. The zero-order valence-electron chi connectivity index (χ0n) is 20.3. The van der Waals surface area contributed by atoms with Gasteiger partial charge >= 0.3 is 0 Å². The maximum atomic E-state index is 6.12. The van der Waals surface area contributed by atoms with Crippen molar-refractivity contribution in [2.24, 2.45) is 5.92 Å². The zero-order chi connectivity index (χ0) is 24.2. The minimum Gasteiger partial charge on any atom is -0.476 e. The highest BCUT2D eigenvalue weighted by Crippen LogP contribution is 2.33. The number of nitrogens with one attached hydrogen (secondary N) is 1. The quantitative estimate of drug-likeness (QED) is 0.249. The molecule has 0 atom stereocenters. The Morgan fingerprint density at radius 2 is 1.27 bits per heavy atom. The fourth-order valence-electron chi connectivity index (χ4n) is 4.58. The van der Waals surface area contributed by atoms with Crippen molar-refractivity contribution in [2.75, 3.05) is 19.7 Å². The van der Waals surface area contributed by atoms with Crippen LogP contribution < -0.4 is 10.1 Å². The van der Waals surface area contributed by atoms with Gasteiger partial charge in [-0.05, 0) is 56.1 Å². The molecule has 4 heterocycles. The van der Waals surface area contributed by atoms with Gasteiger partial charge in [0.2, 0.25) is 5.88 Å². The Hall–Kier alpha value is -3.87. The maximum Gasteiger partial charge on any atom is 0.232 e. The maximum absolute atomic E-state index is 6.12. The van der Waals surface area contributed by atoms with Crippen molar-refractivity contribution < 1.29 is 13.6 Å². The van der Waals surface area contributed by atoms with Gasteiger partial charge in [0.1, 0.15) is 17.2 Å². The van der Waals surface area contributed by atoms with Gasteiger partial charge in [0, 0.05) is 22.3 Å². The fraction of sp³-hybridized carbons (Fsp3) is 0.200. The highest BCUT2D eigenvalue weighted by Gasteiger charge is 2.17. The summed E-state index contributed by atoms with van der Waals surface area (Å²) in [6, 6.07) is 24.1. The summed E-state index contributed by atoms with van der Waals surface area (Å²) in [5.74, 6) is 2.76. The highest BCUT2D eigenvalue weighted by atomic mass is 35.5. The lowest BCUT2D eigenvalue weighted by atomic mass is 9.99. The van der Waals surface area contributed by atoms with Gasteiger partial charge in [-0.2, -0.15) is 0 Å². The smallest absolute Gasteiger partial charge is 0.232 e. The van der Waals surface area contributed by atoms with Crippen molar-refractivity contribution in [2.45, 2.75) is 12.8 Å². The molecule has 1 saturated heterocycles. The van der Waals surface area contributed by atoms with Gasteiger partial charge in [-0.3, -0.25) is 0 Å². The second-order valence-electron chi connectivity index (χ2n) is 9.02. The molecule has 1 aliphatic rings. The van der Waals surface area contributed by atoms with Crippen LogP contribution in [0.2, 0.25) is 0 Å². The van der Waals surface area contributed by atoms with E-state index in [1.807, 2.05) is 48.5 Å². The molecule has 1 fully saturated rings. The molecule has 1 aliphatic heterocycles. The molecule has 0 bridgehead atoms. The van der Waals surface area contributed by atoms with E-state index in [0.29, 0.717) is 18.4 Å². The van der Waals surface area contributed by atoms with E-state index in [2.05, 4.69) is 29.6 Å². The molecule has 0 saturated carbocycles. The Labute approximate surface area is 222 Å². The summed E-state index contributed by atoms with van der Waals surface area (Å²) >= 11 is 0. The van der Waals surface area contributed by atoms with Crippen LogP contribution in [0.3, 0.4) is 0 Å². The number of piperidine rings is 1. The minimum atomic E-state index is 0. The van der Waals surface area contributed by atoms with Gasteiger partial charge in [0.05, 0.1) is 31.0 Å². The second-order valence-corrected chi connectivity index (χ2v) is 9.02. The van der Waals surface area contributed by atoms with Crippen molar-refractivity contribution in [3.63, 3.8) is 0 Å². The predicted molar refractivity (Wildman–Crippen MR) is 147 cm³/mol. The molecule has 0 spiro atoms. The summed E-state index contributed by atoms with van der Waals surface area (Å²) in [6.45, 7) is 2.74.